The summed E-state index contributed by atoms with van der Waals surface area (Å²) < 4.78 is 0. The fourth-order valence-corrected chi connectivity index (χ4v) is 2.09. The highest BCUT2D eigenvalue weighted by molar-refractivity contribution is 5.32. The minimum atomic E-state index is -0.515. The number of rotatable bonds is 7. The van der Waals surface area contributed by atoms with Crippen molar-refractivity contribution in [2.75, 3.05) is 26.7 Å². The summed E-state index contributed by atoms with van der Waals surface area (Å²) in [6.45, 7) is 2.45. The quantitative estimate of drug-likeness (QED) is 0.724. The molecule has 0 heterocycles. The van der Waals surface area contributed by atoms with Gasteiger partial charge in [-0.05, 0) is 37.6 Å². The van der Waals surface area contributed by atoms with E-state index in [-0.39, 0.29) is 0 Å². The zero-order valence-corrected chi connectivity index (χ0v) is 11.3. The Morgan fingerprint density at radius 1 is 1.42 bits per heavy atom. The molecule has 1 unspecified atom stereocenters. The molecule has 102 valence electrons. The highest BCUT2D eigenvalue weighted by Gasteiger charge is 2.25. The third kappa shape index (κ3) is 4.32. The number of nitrogens with zero attached hydrogens (tertiary/aromatic N) is 2. The molecule has 1 aromatic rings. The maximum Gasteiger partial charge on any atom is 0.0991 e. The topological polar surface area (TPSA) is 59.3 Å². The molecule has 2 N–H and O–H groups in total. The molecule has 0 bridgehead atoms. The summed E-state index contributed by atoms with van der Waals surface area (Å²) in [6.07, 6.45) is 2.13. The van der Waals surface area contributed by atoms with Gasteiger partial charge < -0.3 is 15.3 Å². The molecule has 1 atom stereocenters. The molecule has 0 saturated heterocycles. The number of hydrogen-bond acceptors (Lipinski definition) is 4. The van der Waals surface area contributed by atoms with Crippen molar-refractivity contribution in [2.45, 2.75) is 25.0 Å². The van der Waals surface area contributed by atoms with E-state index in [0.29, 0.717) is 12.1 Å². The van der Waals surface area contributed by atoms with Crippen LogP contribution in [0.1, 0.15) is 30.1 Å². The van der Waals surface area contributed by atoms with E-state index < -0.39 is 6.10 Å². The molecular formula is C15H21N3O. The number of aliphatic hydroxyl groups excluding tert-OH is 1. The van der Waals surface area contributed by atoms with Crippen LogP contribution in [0.2, 0.25) is 0 Å². The molecule has 19 heavy (non-hydrogen) atoms. The fourth-order valence-electron chi connectivity index (χ4n) is 2.09. The predicted molar refractivity (Wildman–Crippen MR) is 74.6 cm³/mol. The van der Waals surface area contributed by atoms with Gasteiger partial charge in [0, 0.05) is 25.7 Å². The predicted octanol–water partition coefficient (Wildman–Crippen LogP) is 1.28. The van der Waals surface area contributed by atoms with Crippen LogP contribution in [0.3, 0.4) is 0 Å². The summed E-state index contributed by atoms with van der Waals surface area (Å²) in [6, 6.07) is 9.94. The zero-order valence-electron chi connectivity index (χ0n) is 11.3. The number of nitrogens with one attached hydrogen (secondary N) is 1. The van der Waals surface area contributed by atoms with Crippen LogP contribution in [0.25, 0.3) is 0 Å². The summed E-state index contributed by atoms with van der Waals surface area (Å²) >= 11 is 0. The van der Waals surface area contributed by atoms with E-state index in [9.17, 15) is 5.11 Å². The van der Waals surface area contributed by atoms with Gasteiger partial charge in [-0.25, -0.2) is 0 Å². The second-order valence-corrected chi connectivity index (χ2v) is 5.17. The van der Waals surface area contributed by atoms with Crippen LogP contribution < -0.4 is 5.32 Å². The molecule has 0 aliphatic heterocycles. The summed E-state index contributed by atoms with van der Waals surface area (Å²) in [5, 5.41) is 22.0. The van der Waals surface area contributed by atoms with Crippen LogP contribution in [0.4, 0.5) is 0 Å². The van der Waals surface area contributed by atoms with E-state index in [2.05, 4.69) is 23.3 Å². The van der Waals surface area contributed by atoms with Crippen molar-refractivity contribution >= 4 is 0 Å². The van der Waals surface area contributed by atoms with Gasteiger partial charge in [0.1, 0.15) is 0 Å². The molecule has 1 saturated carbocycles. The van der Waals surface area contributed by atoms with E-state index in [0.717, 1.165) is 24.7 Å². The Balaban J connectivity index is 1.68. The van der Waals surface area contributed by atoms with Crippen molar-refractivity contribution in [1.29, 1.82) is 5.26 Å². The maximum atomic E-state index is 10.0. The van der Waals surface area contributed by atoms with Crippen LogP contribution in [0, 0.1) is 11.3 Å². The minimum absolute atomic E-state index is 0.515. The van der Waals surface area contributed by atoms with E-state index in [1.165, 1.54) is 12.8 Å². The SMILES string of the molecule is CN(CCNCC(O)c1ccc(C#N)cc1)C1CC1. The lowest BCUT2D eigenvalue weighted by Crippen LogP contribution is -2.32. The largest absolute Gasteiger partial charge is 0.387 e. The van der Waals surface area contributed by atoms with Gasteiger partial charge in [0.25, 0.3) is 0 Å². The molecule has 4 heteroatoms. The Morgan fingerprint density at radius 3 is 2.68 bits per heavy atom. The molecule has 1 aliphatic rings. The van der Waals surface area contributed by atoms with Crippen LogP contribution in [0.5, 0.6) is 0 Å². The molecule has 0 radical (unpaired) electrons. The van der Waals surface area contributed by atoms with Gasteiger partial charge in [-0.15, -0.1) is 0 Å². The van der Waals surface area contributed by atoms with E-state index in [4.69, 9.17) is 5.26 Å². The number of hydrogen-bond donors (Lipinski definition) is 2. The molecule has 1 fully saturated rings. The molecule has 2 rings (SSSR count). The van der Waals surface area contributed by atoms with Crippen LogP contribution >= 0.6 is 0 Å². The lowest BCUT2D eigenvalue weighted by Gasteiger charge is -2.17. The molecule has 0 spiro atoms. The lowest BCUT2D eigenvalue weighted by molar-refractivity contribution is 0.173. The van der Waals surface area contributed by atoms with Crippen molar-refractivity contribution in [3.05, 3.63) is 35.4 Å². The Hall–Kier alpha value is -1.41. The zero-order chi connectivity index (χ0) is 13.7. The second kappa shape index (κ2) is 6.67. The number of benzene rings is 1. The van der Waals surface area contributed by atoms with Gasteiger partial charge in [0.15, 0.2) is 0 Å². The summed E-state index contributed by atoms with van der Waals surface area (Å²) in [5.74, 6) is 0. The third-order valence-corrected chi connectivity index (χ3v) is 3.57. The van der Waals surface area contributed by atoms with Crippen LogP contribution in [-0.2, 0) is 0 Å². The second-order valence-electron chi connectivity index (χ2n) is 5.17. The number of nitriles is 1. The van der Waals surface area contributed by atoms with Gasteiger partial charge in [-0.1, -0.05) is 12.1 Å². The molecule has 0 aromatic heterocycles. The van der Waals surface area contributed by atoms with Crippen LogP contribution in [0.15, 0.2) is 24.3 Å². The van der Waals surface area contributed by atoms with Crippen molar-refractivity contribution in [3.8, 4) is 6.07 Å². The van der Waals surface area contributed by atoms with Gasteiger partial charge in [-0.2, -0.15) is 5.26 Å². The van der Waals surface area contributed by atoms with Crippen molar-refractivity contribution in [2.24, 2.45) is 0 Å². The highest BCUT2D eigenvalue weighted by atomic mass is 16.3. The minimum Gasteiger partial charge on any atom is -0.387 e. The van der Waals surface area contributed by atoms with Gasteiger partial charge in [0.2, 0.25) is 0 Å². The van der Waals surface area contributed by atoms with Crippen molar-refractivity contribution < 1.29 is 5.11 Å². The van der Waals surface area contributed by atoms with E-state index in [1.807, 2.05) is 0 Å². The fraction of sp³-hybridized carbons (Fsp3) is 0.533. The average Bonchev–Trinajstić information content (AvgIpc) is 3.27. The Bertz CT molecular complexity index is 434. The first-order chi connectivity index (χ1) is 9.20. The van der Waals surface area contributed by atoms with Gasteiger partial charge >= 0.3 is 0 Å². The molecule has 4 nitrogen and oxygen atoms in total. The first-order valence-corrected chi connectivity index (χ1v) is 6.80. The summed E-state index contributed by atoms with van der Waals surface area (Å²) in [7, 11) is 2.15. The Labute approximate surface area is 114 Å². The van der Waals surface area contributed by atoms with E-state index in [1.54, 1.807) is 24.3 Å². The third-order valence-electron chi connectivity index (χ3n) is 3.57. The summed E-state index contributed by atoms with van der Waals surface area (Å²) in [4.78, 5) is 2.36. The molecular weight excluding hydrogens is 238 g/mol. The van der Waals surface area contributed by atoms with E-state index >= 15 is 0 Å². The number of aliphatic hydroxyl groups is 1. The van der Waals surface area contributed by atoms with Crippen LogP contribution in [-0.4, -0.2) is 42.7 Å². The first kappa shape index (κ1) is 14.0. The van der Waals surface area contributed by atoms with Gasteiger partial charge in [-0.3, -0.25) is 0 Å². The summed E-state index contributed by atoms with van der Waals surface area (Å²) in [5.41, 5.74) is 1.47. The average molecular weight is 259 g/mol. The lowest BCUT2D eigenvalue weighted by atomic mass is 10.1. The van der Waals surface area contributed by atoms with Gasteiger partial charge in [0.05, 0.1) is 17.7 Å². The van der Waals surface area contributed by atoms with Crippen molar-refractivity contribution in [3.63, 3.8) is 0 Å². The Kier molecular flexibility index (Phi) is 4.92. The van der Waals surface area contributed by atoms with Crippen molar-refractivity contribution in [1.82, 2.24) is 10.2 Å². The molecule has 0 amide bonds. The smallest absolute Gasteiger partial charge is 0.0991 e. The maximum absolute atomic E-state index is 10.0. The number of likely N-dealkylation sites (N-methyl/N-ethyl adjacent to an activating group) is 1. The standard InChI is InChI=1S/C15H21N3O/c1-18(14-6-7-14)9-8-17-11-15(19)13-4-2-12(10-16)3-5-13/h2-5,14-15,17,19H,6-9,11H2,1H3. The highest BCUT2D eigenvalue weighted by Crippen LogP contribution is 2.24. The normalized spacial score (nSPS) is 16.3. The first-order valence-electron chi connectivity index (χ1n) is 6.80. The Morgan fingerprint density at radius 2 is 2.11 bits per heavy atom. The monoisotopic (exact) mass is 259 g/mol. The molecule has 1 aromatic carbocycles. The molecule has 1 aliphatic carbocycles.